The number of carbonyl (C=O) groups is 2. The van der Waals surface area contributed by atoms with Crippen molar-refractivity contribution in [2.75, 3.05) is 12.4 Å². The van der Waals surface area contributed by atoms with Crippen LogP contribution in [0.15, 0.2) is 42.5 Å². The number of amides is 1. The summed E-state index contributed by atoms with van der Waals surface area (Å²) in [5.74, 6) is -0.911. The molecule has 0 radical (unpaired) electrons. The van der Waals surface area contributed by atoms with Gasteiger partial charge in [0.1, 0.15) is 5.75 Å². The number of non-ortho nitro benzene ring substituents is 1. The monoisotopic (exact) mass is 372 g/mol. The van der Waals surface area contributed by atoms with Crippen molar-refractivity contribution in [1.82, 2.24) is 0 Å². The highest BCUT2D eigenvalue weighted by atomic mass is 16.6. The lowest BCUT2D eigenvalue weighted by atomic mass is 10.1. The van der Waals surface area contributed by atoms with Crippen molar-refractivity contribution in [3.8, 4) is 5.75 Å². The Morgan fingerprint density at radius 1 is 1.19 bits per heavy atom. The summed E-state index contributed by atoms with van der Waals surface area (Å²) in [5.41, 5.74) is 1.78. The minimum absolute atomic E-state index is 0.0397. The van der Waals surface area contributed by atoms with Crippen molar-refractivity contribution in [3.63, 3.8) is 0 Å². The van der Waals surface area contributed by atoms with Crippen LogP contribution < -0.4 is 10.1 Å². The number of benzene rings is 2. The second kappa shape index (κ2) is 8.79. The maximum Gasteiger partial charge on any atom is 0.311 e. The first-order valence-corrected chi connectivity index (χ1v) is 8.18. The zero-order valence-corrected chi connectivity index (χ0v) is 15.2. The summed E-state index contributed by atoms with van der Waals surface area (Å²) in [7, 11) is 1.38. The minimum atomic E-state index is -1.08. The molecule has 2 aromatic carbocycles. The predicted molar refractivity (Wildman–Crippen MR) is 98.7 cm³/mol. The molecule has 0 spiro atoms. The van der Waals surface area contributed by atoms with Gasteiger partial charge in [0.25, 0.3) is 11.6 Å². The van der Waals surface area contributed by atoms with Gasteiger partial charge < -0.3 is 14.8 Å². The smallest absolute Gasteiger partial charge is 0.311 e. The zero-order valence-electron chi connectivity index (χ0n) is 15.2. The molecule has 0 saturated heterocycles. The molecule has 0 heterocycles. The van der Waals surface area contributed by atoms with Gasteiger partial charge in [-0.05, 0) is 25.5 Å². The molecular weight excluding hydrogens is 352 g/mol. The van der Waals surface area contributed by atoms with Crippen LogP contribution in [0.4, 0.5) is 11.4 Å². The number of ether oxygens (including phenoxy) is 2. The molecule has 1 amide bonds. The maximum atomic E-state index is 12.3. The summed E-state index contributed by atoms with van der Waals surface area (Å²) in [4.78, 5) is 34.6. The van der Waals surface area contributed by atoms with Crippen LogP contribution >= 0.6 is 0 Å². The van der Waals surface area contributed by atoms with Gasteiger partial charge in [0.05, 0.1) is 24.1 Å². The molecule has 0 aliphatic heterocycles. The molecule has 1 N–H and O–H groups in total. The average Bonchev–Trinajstić information content (AvgIpc) is 2.63. The summed E-state index contributed by atoms with van der Waals surface area (Å²) in [6.45, 7) is 3.36. The fraction of sp³-hybridized carbons (Fsp3) is 0.263. The fourth-order valence-corrected chi connectivity index (χ4v) is 2.31. The van der Waals surface area contributed by atoms with Crippen molar-refractivity contribution in [2.45, 2.75) is 26.4 Å². The summed E-state index contributed by atoms with van der Waals surface area (Å²) in [5, 5.41) is 13.4. The number of rotatable bonds is 7. The zero-order chi connectivity index (χ0) is 20.0. The maximum absolute atomic E-state index is 12.3. The van der Waals surface area contributed by atoms with Gasteiger partial charge in [-0.3, -0.25) is 19.7 Å². The van der Waals surface area contributed by atoms with E-state index in [0.29, 0.717) is 0 Å². The summed E-state index contributed by atoms with van der Waals surface area (Å²) in [6.07, 6.45) is -1.04. The topological polar surface area (TPSA) is 108 Å². The molecule has 1 atom stereocenters. The number of nitrogens with one attached hydrogen (secondary N) is 1. The van der Waals surface area contributed by atoms with E-state index in [0.717, 1.165) is 11.1 Å². The molecule has 8 heteroatoms. The molecule has 0 unspecified atom stereocenters. The van der Waals surface area contributed by atoms with Crippen LogP contribution in [0, 0.1) is 17.0 Å². The first kappa shape index (κ1) is 19.9. The molecule has 0 aliphatic carbocycles. The molecule has 0 saturated carbocycles. The number of methoxy groups -OCH3 is 1. The minimum Gasteiger partial charge on any atom is -0.495 e. The normalized spacial score (nSPS) is 11.4. The highest BCUT2D eigenvalue weighted by Crippen LogP contribution is 2.29. The number of anilines is 1. The first-order chi connectivity index (χ1) is 12.8. The van der Waals surface area contributed by atoms with E-state index in [-0.39, 0.29) is 23.5 Å². The van der Waals surface area contributed by atoms with Crippen LogP contribution in [0.2, 0.25) is 0 Å². The van der Waals surface area contributed by atoms with Gasteiger partial charge >= 0.3 is 5.97 Å². The van der Waals surface area contributed by atoms with Crippen LogP contribution in [-0.2, 0) is 20.7 Å². The number of nitro groups is 1. The van der Waals surface area contributed by atoms with E-state index in [9.17, 15) is 19.7 Å². The lowest BCUT2D eigenvalue weighted by Gasteiger charge is -2.15. The Balaban J connectivity index is 2.00. The number of hydrogen-bond donors (Lipinski definition) is 1. The average molecular weight is 372 g/mol. The Hall–Kier alpha value is -3.42. The number of aryl methyl sites for hydroxylation is 1. The van der Waals surface area contributed by atoms with Crippen LogP contribution in [0.3, 0.4) is 0 Å². The molecule has 142 valence electrons. The van der Waals surface area contributed by atoms with E-state index < -0.39 is 22.9 Å². The van der Waals surface area contributed by atoms with Crippen LogP contribution in [0.25, 0.3) is 0 Å². The molecule has 2 rings (SSSR count). The second-order valence-corrected chi connectivity index (χ2v) is 5.93. The van der Waals surface area contributed by atoms with E-state index in [1.54, 1.807) is 0 Å². The Morgan fingerprint density at radius 3 is 2.44 bits per heavy atom. The van der Waals surface area contributed by atoms with E-state index in [1.165, 1.54) is 32.2 Å². The molecule has 0 fully saturated rings. The van der Waals surface area contributed by atoms with Crippen molar-refractivity contribution in [1.29, 1.82) is 0 Å². The highest BCUT2D eigenvalue weighted by Gasteiger charge is 2.21. The number of nitro benzene ring substituents is 1. The third-order valence-electron chi connectivity index (χ3n) is 3.80. The van der Waals surface area contributed by atoms with Crippen molar-refractivity contribution in [3.05, 3.63) is 63.7 Å². The third-order valence-corrected chi connectivity index (χ3v) is 3.80. The van der Waals surface area contributed by atoms with Crippen molar-refractivity contribution >= 4 is 23.3 Å². The number of carbonyl (C=O) groups excluding carboxylic acids is 2. The molecule has 0 aromatic heterocycles. The van der Waals surface area contributed by atoms with Crippen molar-refractivity contribution in [2.24, 2.45) is 0 Å². The van der Waals surface area contributed by atoms with Gasteiger partial charge in [0.15, 0.2) is 6.10 Å². The van der Waals surface area contributed by atoms with E-state index in [2.05, 4.69) is 5.32 Å². The second-order valence-electron chi connectivity index (χ2n) is 5.93. The number of esters is 1. The van der Waals surface area contributed by atoms with Gasteiger partial charge in [-0.25, -0.2) is 0 Å². The summed E-state index contributed by atoms with van der Waals surface area (Å²) < 4.78 is 10.2. The van der Waals surface area contributed by atoms with E-state index >= 15 is 0 Å². The van der Waals surface area contributed by atoms with Gasteiger partial charge in [0, 0.05) is 12.1 Å². The Morgan fingerprint density at radius 2 is 1.85 bits per heavy atom. The van der Waals surface area contributed by atoms with Gasteiger partial charge in [0.2, 0.25) is 0 Å². The quantitative estimate of drug-likeness (QED) is 0.455. The first-order valence-electron chi connectivity index (χ1n) is 8.18. The Bertz CT molecular complexity index is 848. The van der Waals surface area contributed by atoms with Gasteiger partial charge in [-0.15, -0.1) is 0 Å². The van der Waals surface area contributed by atoms with Crippen LogP contribution in [0.5, 0.6) is 5.75 Å². The molecule has 2 aromatic rings. The summed E-state index contributed by atoms with van der Waals surface area (Å²) >= 11 is 0. The number of hydrogen-bond acceptors (Lipinski definition) is 6. The standard InChI is InChI=1S/C19H20N2O6/c1-12-4-6-14(7-5-12)10-18(22)27-13(2)19(23)20-16-11-15(21(24)25)8-9-17(16)26-3/h4-9,11,13H,10H2,1-3H3,(H,20,23)/t13-/m1/s1. The van der Waals surface area contributed by atoms with Crippen LogP contribution in [0.1, 0.15) is 18.1 Å². The van der Waals surface area contributed by atoms with E-state index in [4.69, 9.17) is 9.47 Å². The number of nitrogens with zero attached hydrogens (tertiary/aromatic N) is 1. The Kier molecular flexibility index (Phi) is 6.48. The molecule has 0 aliphatic rings. The van der Waals surface area contributed by atoms with Gasteiger partial charge in [-0.1, -0.05) is 29.8 Å². The van der Waals surface area contributed by atoms with Gasteiger partial charge in [-0.2, -0.15) is 0 Å². The lowest BCUT2D eigenvalue weighted by Crippen LogP contribution is -2.30. The van der Waals surface area contributed by atoms with E-state index in [1.807, 2.05) is 31.2 Å². The van der Waals surface area contributed by atoms with Crippen molar-refractivity contribution < 1.29 is 24.0 Å². The molecule has 0 bridgehead atoms. The fourth-order valence-electron chi connectivity index (χ4n) is 2.31. The Labute approximate surface area is 156 Å². The van der Waals surface area contributed by atoms with Crippen LogP contribution in [-0.4, -0.2) is 30.0 Å². The SMILES string of the molecule is COc1ccc([N+](=O)[O-])cc1NC(=O)[C@@H](C)OC(=O)Cc1ccc(C)cc1. The highest BCUT2D eigenvalue weighted by molar-refractivity contribution is 5.96. The predicted octanol–water partition coefficient (Wildman–Crippen LogP) is 3.02. The largest absolute Gasteiger partial charge is 0.495 e. The molecule has 27 heavy (non-hydrogen) atoms. The third kappa shape index (κ3) is 5.53. The summed E-state index contributed by atoms with van der Waals surface area (Å²) in [6, 6.07) is 11.2. The lowest BCUT2D eigenvalue weighted by molar-refractivity contribution is -0.384. The molecular formula is C19H20N2O6. The molecule has 8 nitrogen and oxygen atoms in total.